The van der Waals surface area contributed by atoms with Gasteiger partial charge >= 0.3 is 0 Å². The van der Waals surface area contributed by atoms with E-state index in [9.17, 15) is 9.59 Å². The van der Waals surface area contributed by atoms with Crippen molar-refractivity contribution in [1.82, 2.24) is 10.6 Å². The summed E-state index contributed by atoms with van der Waals surface area (Å²) < 4.78 is 0. The van der Waals surface area contributed by atoms with Gasteiger partial charge in [-0.15, -0.1) is 0 Å². The molecule has 138 valence electrons. The number of hydrogen-bond donors (Lipinski definition) is 5. The molecule has 0 atom stereocenters. The molecule has 0 aliphatic rings. The Morgan fingerprint density at radius 2 is 1.26 bits per heavy atom. The third-order valence-electron chi connectivity index (χ3n) is 3.10. The quantitative estimate of drug-likeness (QED) is 0.273. The summed E-state index contributed by atoms with van der Waals surface area (Å²) in [4.78, 5) is 20.3. The lowest BCUT2D eigenvalue weighted by Crippen LogP contribution is -2.31. The van der Waals surface area contributed by atoms with E-state index in [1.165, 1.54) is 25.7 Å². The summed E-state index contributed by atoms with van der Waals surface area (Å²) in [7, 11) is 0. The van der Waals surface area contributed by atoms with E-state index in [2.05, 4.69) is 17.6 Å². The van der Waals surface area contributed by atoms with E-state index in [0.29, 0.717) is 25.7 Å². The highest BCUT2D eigenvalue weighted by molar-refractivity contribution is 5.74. The molecule has 0 bridgehead atoms. The molecule has 0 aromatic carbocycles. The fourth-order valence-corrected chi connectivity index (χ4v) is 1.80. The van der Waals surface area contributed by atoms with Crippen LogP contribution < -0.4 is 27.8 Å². The molecule has 0 saturated heterocycles. The molecule has 0 unspecified atom stereocenters. The van der Waals surface area contributed by atoms with Crippen molar-refractivity contribution in [1.29, 1.82) is 0 Å². The maximum atomic E-state index is 10.2. The van der Waals surface area contributed by atoms with E-state index < -0.39 is 0 Å². The molecular formula is C16H37N5O2. The Kier molecular flexibility index (Phi) is 21.8. The first-order valence-corrected chi connectivity index (χ1v) is 8.72. The number of carbonyl (C=O) groups excluding carboxylic acids is 2. The van der Waals surface area contributed by atoms with Crippen molar-refractivity contribution < 1.29 is 9.59 Å². The SMILES string of the molecule is CCCCCCNCCNCCN.NC(=O)CCCCC(N)=O. The molecular weight excluding hydrogens is 294 g/mol. The number of unbranched alkanes of at least 4 members (excludes halogenated alkanes) is 4. The van der Waals surface area contributed by atoms with E-state index in [1.807, 2.05) is 0 Å². The zero-order valence-corrected chi connectivity index (χ0v) is 14.7. The summed E-state index contributed by atoms with van der Waals surface area (Å²) in [6, 6.07) is 0. The molecule has 0 spiro atoms. The minimum atomic E-state index is -0.329. The van der Waals surface area contributed by atoms with Crippen LogP contribution >= 0.6 is 0 Å². The Morgan fingerprint density at radius 3 is 1.70 bits per heavy atom. The summed E-state index contributed by atoms with van der Waals surface area (Å²) in [6.07, 6.45) is 7.34. The van der Waals surface area contributed by atoms with Crippen molar-refractivity contribution in [2.24, 2.45) is 17.2 Å². The number of nitrogens with one attached hydrogen (secondary N) is 2. The second kappa shape index (κ2) is 20.8. The molecule has 0 heterocycles. The summed E-state index contributed by atoms with van der Waals surface area (Å²) in [5.74, 6) is -0.658. The van der Waals surface area contributed by atoms with Gasteiger partial charge in [0.05, 0.1) is 0 Å². The average molecular weight is 332 g/mol. The van der Waals surface area contributed by atoms with Crippen LogP contribution in [-0.2, 0) is 9.59 Å². The molecule has 0 aliphatic heterocycles. The van der Waals surface area contributed by atoms with Gasteiger partial charge in [-0.25, -0.2) is 0 Å². The molecule has 0 aromatic rings. The lowest BCUT2D eigenvalue weighted by molar-refractivity contribution is -0.119. The molecule has 0 aliphatic carbocycles. The second-order valence-corrected chi connectivity index (χ2v) is 5.49. The van der Waals surface area contributed by atoms with Crippen LogP contribution in [-0.4, -0.2) is 44.5 Å². The fraction of sp³-hybridized carbons (Fsp3) is 0.875. The van der Waals surface area contributed by atoms with Crippen molar-refractivity contribution in [2.75, 3.05) is 32.7 Å². The van der Waals surface area contributed by atoms with Crippen LogP contribution in [0.15, 0.2) is 0 Å². The van der Waals surface area contributed by atoms with Crippen molar-refractivity contribution in [2.45, 2.75) is 58.3 Å². The lowest BCUT2D eigenvalue weighted by atomic mass is 10.2. The molecule has 2 amide bonds. The van der Waals surface area contributed by atoms with Gasteiger partial charge in [0, 0.05) is 39.0 Å². The molecule has 0 rings (SSSR count). The second-order valence-electron chi connectivity index (χ2n) is 5.49. The number of amides is 2. The minimum Gasteiger partial charge on any atom is -0.370 e. The predicted molar refractivity (Wildman–Crippen MR) is 95.8 cm³/mol. The molecule has 8 N–H and O–H groups in total. The van der Waals surface area contributed by atoms with Gasteiger partial charge < -0.3 is 27.8 Å². The van der Waals surface area contributed by atoms with Gasteiger partial charge in [-0.2, -0.15) is 0 Å². The highest BCUT2D eigenvalue weighted by Gasteiger charge is 1.96. The van der Waals surface area contributed by atoms with E-state index in [4.69, 9.17) is 17.2 Å². The van der Waals surface area contributed by atoms with E-state index in [1.54, 1.807) is 0 Å². The van der Waals surface area contributed by atoms with Crippen molar-refractivity contribution in [3.8, 4) is 0 Å². The smallest absolute Gasteiger partial charge is 0.217 e. The molecule has 0 aromatic heterocycles. The minimum absolute atomic E-state index is 0.329. The Labute approximate surface area is 141 Å². The number of carbonyl (C=O) groups is 2. The van der Waals surface area contributed by atoms with Crippen LogP contribution in [0.4, 0.5) is 0 Å². The van der Waals surface area contributed by atoms with Crippen LogP contribution in [0.3, 0.4) is 0 Å². The molecule has 0 saturated carbocycles. The van der Waals surface area contributed by atoms with Crippen molar-refractivity contribution in [3.63, 3.8) is 0 Å². The van der Waals surface area contributed by atoms with Gasteiger partial charge in [0.1, 0.15) is 0 Å². The number of primary amides is 2. The molecule has 23 heavy (non-hydrogen) atoms. The third kappa shape index (κ3) is 29.5. The monoisotopic (exact) mass is 331 g/mol. The average Bonchev–Trinajstić information content (AvgIpc) is 2.50. The lowest BCUT2D eigenvalue weighted by Gasteiger charge is -2.05. The number of rotatable bonds is 15. The van der Waals surface area contributed by atoms with E-state index >= 15 is 0 Å². The van der Waals surface area contributed by atoms with Crippen molar-refractivity contribution in [3.05, 3.63) is 0 Å². The van der Waals surface area contributed by atoms with Gasteiger partial charge in [0.15, 0.2) is 0 Å². The zero-order valence-electron chi connectivity index (χ0n) is 14.7. The van der Waals surface area contributed by atoms with Crippen LogP contribution in [0.2, 0.25) is 0 Å². The van der Waals surface area contributed by atoms with Gasteiger partial charge in [-0.3, -0.25) is 9.59 Å². The predicted octanol–water partition coefficient (Wildman–Crippen LogP) is 0.222. The van der Waals surface area contributed by atoms with E-state index in [0.717, 1.165) is 32.7 Å². The Hall–Kier alpha value is -1.18. The zero-order chi connectivity index (χ0) is 17.8. The first-order valence-electron chi connectivity index (χ1n) is 8.72. The first kappa shape index (κ1) is 24.1. The molecule has 7 heteroatoms. The molecule has 7 nitrogen and oxygen atoms in total. The Balaban J connectivity index is 0. The van der Waals surface area contributed by atoms with Gasteiger partial charge in [-0.05, 0) is 25.8 Å². The van der Waals surface area contributed by atoms with E-state index in [-0.39, 0.29) is 11.8 Å². The Bertz CT molecular complexity index is 249. The third-order valence-corrected chi connectivity index (χ3v) is 3.10. The van der Waals surface area contributed by atoms with Crippen LogP contribution in [0, 0.1) is 0 Å². The first-order chi connectivity index (χ1) is 11.0. The summed E-state index contributed by atoms with van der Waals surface area (Å²) in [6.45, 7) is 7.15. The number of nitrogens with two attached hydrogens (primary N) is 3. The normalized spacial score (nSPS) is 10.0. The summed E-state index contributed by atoms with van der Waals surface area (Å²) >= 11 is 0. The highest BCUT2D eigenvalue weighted by atomic mass is 16.1. The van der Waals surface area contributed by atoms with Gasteiger partial charge in [0.25, 0.3) is 0 Å². The standard InChI is InChI=1S/C10H25N3.C6H12N2O2/c1-2-3-4-5-7-12-9-10-13-8-6-11;7-5(9)3-1-2-4-6(8)10/h12-13H,2-11H2,1H3;1-4H2,(H2,7,9)(H2,8,10). The van der Waals surface area contributed by atoms with Gasteiger partial charge in [0.2, 0.25) is 11.8 Å². The molecule has 0 fully saturated rings. The topological polar surface area (TPSA) is 136 Å². The molecule has 0 radical (unpaired) electrons. The fourth-order valence-electron chi connectivity index (χ4n) is 1.80. The van der Waals surface area contributed by atoms with Crippen LogP contribution in [0.1, 0.15) is 58.3 Å². The number of hydrogen-bond acceptors (Lipinski definition) is 5. The van der Waals surface area contributed by atoms with Crippen LogP contribution in [0.5, 0.6) is 0 Å². The summed E-state index contributed by atoms with van der Waals surface area (Å²) in [5.41, 5.74) is 15.0. The Morgan fingerprint density at radius 1 is 0.739 bits per heavy atom. The highest BCUT2D eigenvalue weighted by Crippen LogP contribution is 1.97. The maximum absolute atomic E-state index is 10.2. The van der Waals surface area contributed by atoms with Crippen LogP contribution in [0.25, 0.3) is 0 Å². The van der Waals surface area contributed by atoms with Crippen molar-refractivity contribution >= 4 is 11.8 Å². The largest absolute Gasteiger partial charge is 0.370 e. The maximum Gasteiger partial charge on any atom is 0.217 e. The summed E-state index contributed by atoms with van der Waals surface area (Å²) in [5, 5.41) is 6.65. The van der Waals surface area contributed by atoms with Gasteiger partial charge in [-0.1, -0.05) is 26.2 Å².